The molecule has 1 aliphatic rings. The number of H-pyrrole nitrogens is 1. The van der Waals surface area contributed by atoms with Crippen LogP contribution in [0.5, 0.6) is 0 Å². The average Bonchev–Trinajstić information content (AvgIpc) is 3.01. The van der Waals surface area contributed by atoms with Crippen molar-refractivity contribution in [3.8, 4) is 0 Å². The molecule has 140 valence electrons. The predicted molar refractivity (Wildman–Crippen MR) is 100.0 cm³/mol. The number of rotatable bonds is 4. The summed E-state index contributed by atoms with van der Waals surface area (Å²) in [6.07, 6.45) is 0.590. The maximum atomic E-state index is 12.2. The number of aromatic nitrogens is 1. The Morgan fingerprint density at radius 2 is 2.23 bits per heavy atom. The van der Waals surface area contributed by atoms with Crippen molar-refractivity contribution in [1.29, 1.82) is 0 Å². The molecule has 0 spiro atoms. The zero-order chi connectivity index (χ0) is 18.7. The van der Waals surface area contributed by atoms with Crippen LogP contribution in [0.4, 0.5) is 4.79 Å². The van der Waals surface area contributed by atoms with Crippen LogP contribution < -0.4 is 10.6 Å². The first-order valence-electron chi connectivity index (χ1n) is 8.71. The molecule has 1 fully saturated rings. The zero-order valence-electron chi connectivity index (χ0n) is 14.6. The summed E-state index contributed by atoms with van der Waals surface area (Å²) in [5.74, 6) is -0.298. The van der Waals surface area contributed by atoms with E-state index in [1.807, 2.05) is 24.3 Å². The summed E-state index contributed by atoms with van der Waals surface area (Å²) in [5.41, 5.74) is 1.85. The first kappa shape index (κ1) is 18.5. The third-order valence-electron chi connectivity index (χ3n) is 4.50. The van der Waals surface area contributed by atoms with E-state index in [1.54, 1.807) is 4.90 Å². The number of nitrogens with zero attached hydrogens (tertiary/aromatic N) is 1. The fourth-order valence-corrected chi connectivity index (χ4v) is 3.41. The van der Waals surface area contributed by atoms with Crippen LogP contribution in [-0.2, 0) is 11.3 Å². The van der Waals surface area contributed by atoms with E-state index in [0.717, 1.165) is 29.4 Å². The number of nitrogens with one attached hydrogen (secondary N) is 3. The third kappa shape index (κ3) is 4.47. The van der Waals surface area contributed by atoms with Crippen molar-refractivity contribution >= 4 is 34.4 Å². The summed E-state index contributed by atoms with van der Waals surface area (Å²) >= 11 is 5.98. The lowest BCUT2D eigenvalue weighted by Gasteiger charge is -2.33. The van der Waals surface area contributed by atoms with Gasteiger partial charge in [-0.1, -0.05) is 11.6 Å². The van der Waals surface area contributed by atoms with E-state index in [4.69, 9.17) is 11.6 Å². The standard InChI is InChI=1S/C18H23ClN4O3/c1-11(24)17(25)23-6-2-3-14(10-23)22-18(26)20-9-15-8-12-7-13(19)4-5-16(12)21-15/h4-5,7-8,11,14,21,24H,2-3,6,9-10H2,1H3,(H2,20,22,26)/t11-,14+/m0/s1. The molecule has 1 aromatic carbocycles. The number of hydrogen-bond acceptors (Lipinski definition) is 3. The van der Waals surface area contributed by atoms with Gasteiger partial charge >= 0.3 is 6.03 Å². The molecule has 26 heavy (non-hydrogen) atoms. The molecule has 8 heteroatoms. The van der Waals surface area contributed by atoms with Gasteiger partial charge in [0.05, 0.1) is 6.54 Å². The van der Waals surface area contributed by atoms with Crippen LogP contribution in [0.3, 0.4) is 0 Å². The van der Waals surface area contributed by atoms with E-state index in [0.29, 0.717) is 24.7 Å². The number of fused-ring (bicyclic) bond motifs is 1. The smallest absolute Gasteiger partial charge is 0.315 e. The minimum atomic E-state index is -1.02. The Morgan fingerprint density at radius 1 is 1.42 bits per heavy atom. The minimum Gasteiger partial charge on any atom is -0.384 e. The normalized spacial score (nSPS) is 18.6. The Bertz CT molecular complexity index is 805. The first-order valence-corrected chi connectivity index (χ1v) is 9.08. The summed E-state index contributed by atoms with van der Waals surface area (Å²) in [7, 11) is 0. The Morgan fingerprint density at radius 3 is 3.00 bits per heavy atom. The van der Waals surface area contributed by atoms with E-state index in [-0.39, 0.29) is 18.0 Å². The fourth-order valence-electron chi connectivity index (χ4n) is 3.23. The quantitative estimate of drug-likeness (QED) is 0.655. The van der Waals surface area contributed by atoms with Gasteiger partial charge in [-0.15, -0.1) is 0 Å². The molecule has 1 aliphatic heterocycles. The molecule has 0 unspecified atom stereocenters. The molecule has 0 aliphatic carbocycles. The topological polar surface area (TPSA) is 97.5 Å². The highest BCUT2D eigenvalue weighted by Crippen LogP contribution is 2.20. The lowest BCUT2D eigenvalue weighted by Crippen LogP contribution is -2.53. The van der Waals surface area contributed by atoms with Gasteiger partial charge in [-0.2, -0.15) is 0 Å². The van der Waals surface area contributed by atoms with Crippen LogP contribution in [0.25, 0.3) is 10.9 Å². The largest absolute Gasteiger partial charge is 0.384 e. The molecule has 0 bridgehead atoms. The molecule has 3 amide bonds. The maximum Gasteiger partial charge on any atom is 0.315 e. The van der Waals surface area contributed by atoms with Crippen LogP contribution in [0.1, 0.15) is 25.5 Å². The van der Waals surface area contributed by atoms with Crippen LogP contribution >= 0.6 is 11.6 Å². The van der Waals surface area contributed by atoms with Gasteiger partial charge in [0.15, 0.2) is 0 Å². The molecular formula is C18H23ClN4O3. The number of carbonyl (C=O) groups excluding carboxylic acids is 2. The first-order chi connectivity index (χ1) is 12.4. The molecule has 1 saturated heterocycles. The summed E-state index contributed by atoms with van der Waals surface area (Å²) in [6.45, 7) is 2.85. The van der Waals surface area contributed by atoms with E-state index >= 15 is 0 Å². The van der Waals surface area contributed by atoms with Crippen molar-refractivity contribution in [2.75, 3.05) is 13.1 Å². The van der Waals surface area contributed by atoms with E-state index in [9.17, 15) is 14.7 Å². The number of piperidine rings is 1. The summed E-state index contributed by atoms with van der Waals surface area (Å²) < 4.78 is 0. The lowest BCUT2D eigenvalue weighted by molar-refractivity contribution is -0.140. The van der Waals surface area contributed by atoms with Crippen molar-refractivity contribution in [1.82, 2.24) is 20.5 Å². The zero-order valence-corrected chi connectivity index (χ0v) is 15.3. The lowest BCUT2D eigenvalue weighted by atomic mass is 10.1. The second kappa shape index (κ2) is 7.97. The number of likely N-dealkylation sites (tertiary alicyclic amines) is 1. The van der Waals surface area contributed by atoms with Gasteiger partial charge in [-0.25, -0.2) is 4.79 Å². The Kier molecular flexibility index (Phi) is 5.68. The molecule has 2 atom stereocenters. The summed E-state index contributed by atoms with van der Waals surface area (Å²) in [5, 5.41) is 16.8. The van der Waals surface area contributed by atoms with Gasteiger partial charge in [-0.05, 0) is 44.0 Å². The van der Waals surface area contributed by atoms with Crippen molar-refractivity contribution < 1.29 is 14.7 Å². The highest BCUT2D eigenvalue weighted by Gasteiger charge is 2.26. The number of hydrogen-bond donors (Lipinski definition) is 4. The molecule has 2 aromatic rings. The van der Waals surface area contributed by atoms with Gasteiger partial charge in [0, 0.05) is 40.8 Å². The highest BCUT2D eigenvalue weighted by atomic mass is 35.5. The van der Waals surface area contributed by atoms with Crippen molar-refractivity contribution in [2.24, 2.45) is 0 Å². The number of halogens is 1. The average molecular weight is 379 g/mol. The number of carbonyl (C=O) groups is 2. The second-order valence-electron chi connectivity index (χ2n) is 6.65. The molecule has 4 N–H and O–H groups in total. The monoisotopic (exact) mass is 378 g/mol. The molecule has 0 radical (unpaired) electrons. The molecule has 1 aromatic heterocycles. The number of benzene rings is 1. The van der Waals surface area contributed by atoms with Crippen molar-refractivity contribution in [2.45, 2.75) is 38.5 Å². The fraction of sp³-hybridized carbons (Fsp3) is 0.444. The third-order valence-corrected chi connectivity index (χ3v) is 4.74. The summed E-state index contributed by atoms with van der Waals surface area (Å²) in [6, 6.07) is 7.13. The van der Waals surface area contributed by atoms with Gasteiger partial charge in [-0.3, -0.25) is 4.79 Å². The van der Waals surface area contributed by atoms with Gasteiger partial charge in [0.25, 0.3) is 5.91 Å². The van der Waals surface area contributed by atoms with E-state index in [1.165, 1.54) is 6.92 Å². The Balaban J connectivity index is 1.51. The molecule has 2 heterocycles. The number of aliphatic hydroxyl groups is 1. The van der Waals surface area contributed by atoms with Gasteiger partial charge < -0.3 is 25.6 Å². The Labute approximate surface area is 156 Å². The summed E-state index contributed by atoms with van der Waals surface area (Å²) in [4.78, 5) is 28.9. The highest BCUT2D eigenvalue weighted by molar-refractivity contribution is 6.31. The van der Waals surface area contributed by atoms with Gasteiger partial charge in [0.2, 0.25) is 0 Å². The number of aliphatic hydroxyl groups excluding tert-OH is 1. The van der Waals surface area contributed by atoms with Gasteiger partial charge in [0.1, 0.15) is 6.10 Å². The molecule has 0 saturated carbocycles. The molecular weight excluding hydrogens is 356 g/mol. The SMILES string of the molecule is C[C@H](O)C(=O)N1CCC[C@@H](NC(=O)NCc2cc3cc(Cl)ccc3[nH]2)C1. The van der Waals surface area contributed by atoms with Crippen LogP contribution in [-0.4, -0.2) is 52.2 Å². The van der Waals surface area contributed by atoms with Crippen molar-refractivity contribution in [3.05, 3.63) is 35.0 Å². The van der Waals surface area contributed by atoms with Crippen LogP contribution in [0, 0.1) is 0 Å². The van der Waals surface area contributed by atoms with Crippen molar-refractivity contribution in [3.63, 3.8) is 0 Å². The van der Waals surface area contributed by atoms with Crippen LogP contribution in [0.15, 0.2) is 24.3 Å². The molecule has 7 nitrogen and oxygen atoms in total. The van der Waals surface area contributed by atoms with E-state index < -0.39 is 6.10 Å². The van der Waals surface area contributed by atoms with E-state index in [2.05, 4.69) is 15.6 Å². The second-order valence-corrected chi connectivity index (χ2v) is 7.09. The number of amides is 3. The Hall–Kier alpha value is -2.25. The predicted octanol–water partition coefficient (Wildman–Crippen LogP) is 1.99. The number of urea groups is 1. The minimum absolute atomic E-state index is 0.118. The molecule has 3 rings (SSSR count). The van der Waals surface area contributed by atoms with Crippen LogP contribution in [0.2, 0.25) is 5.02 Å². The number of aromatic amines is 1. The maximum absolute atomic E-state index is 12.2.